The van der Waals surface area contributed by atoms with Gasteiger partial charge in [-0.15, -0.1) is 22.7 Å². The van der Waals surface area contributed by atoms with Crippen LogP contribution in [-0.4, -0.2) is 33.2 Å². The Balaban J connectivity index is 1.63. The molecule has 0 aromatic carbocycles. The van der Waals surface area contributed by atoms with Crippen LogP contribution in [0.2, 0.25) is 0 Å². The van der Waals surface area contributed by atoms with E-state index in [2.05, 4.69) is 21.5 Å². The van der Waals surface area contributed by atoms with E-state index in [0.717, 1.165) is 32.0 Å². The molecule has 0 bridgehead atoms. The minimum atomic E-state index is -0.428. The van der Waals surface area contributed by atoms with Crippen molar-refractivity contribution < 1.29 is 14.3 Å². The highest BCUT2D eigenvalue weighted by Gasteiger charge is 2.23. The van der Waals surface area contributed by atoms with Crippen molar-refractivity contribution in [1.29, 1.82) is 0 Å². The Morgan fingerprint density at radius 1 is 1.23 bits per heavy atom. The van der Waals surface area contributed by atoms with E-state index in [1.54, 1.807) is 29.1 Å². The number of amides is 1. The Bertz CT molecular complexity index is 1270. The topological polar surface area (TPSA) is 86.1 Å². The molecule has 0 unspecified atom stereocenters. The first-order chi connectivity index (χ1) is 14.9. The van der Waals surface area contributed by atoms with E-state index in [1.165, 1.54) is 11.3 Å². The van der Waals surface area contributed by atoms with Gasteiger partial charge in [0.1, 0.15) is 11.5 Å². The van der Waals surface area contributed by atoms with Crippen LogP contribution in [0.5, 0.6) is 0 Å². The fourth-order valence-electron chi connectivity index (χ4n) is 3.50. The molecule has 1 amide bonds. The number of pyridine rings is 1. The largest absolute Gasteiger partial charge is 0.462 e. The number of rotatable bonds is 6. The van der Waals surface area contributed by atoms with Gasteiger partial charge < -0.3 is 10.1 Å². The number of anilines is 1. The van der Waals surface area contributed by atoms with Crippen LogP contribution in [0.15, 0.2) is 29.8 Å². The normalized spacial score (nSPS) is 11.1. The van der Waals surface area contributed by atoms with Gasteiger partial charge in [-0.2, -0.15) is 5.10 Å². The number of aryl methyl sites for hydroxylation is 2. The lowest BCUT2D eigenvalue weighted by atomic mass is 10.1. The number of hydrogen-bond acceptors (Lipinski definition) is 7. The lowest BCUT2D eigenvalue weighted by molar-refractivity contribution is -0.116. The van der Waals surface area contributed by atoms with Crippen LogP contribution in [0.25, 0.3) is 21.5 Å². The van der Waals surface area contributed by atoms with Gasteiger partial charge in [-0.1, -0.05) is 6.07 Å². The van der Waals surface area contributed by atoms with E-state index in [1.807, 2.05) is 38.3 Å². The van der Waals surface area contributed by atoms with Crippen LogP contribution in [0.3, 0.4) is 0 Å². The average molecular weight is 455 g/mol. The summed E-state index contributed by atoms with van der Waals surface area (Å²) >= 11 is 3.02. The lowest BCUT2D eigenvalue weighted by Gasteiger charge is -2.08. The summed E-state index contributed by atoms with van der Waals surface area (Å²) in [5.41, 5.74) is 3.76. The highest BCUT2D eigenvalue weighted by Crippen LogP contribution is 2.34. The third-order valence-corrected chi connectivity index (χ3v) is 7.03. The monoisotopic (exact) mass is 454 g/mol. The maximum Gasteiger partial charge on any atom is 0.341 e. The minimum Gasteiger partial charge on any atom is -0.462 e. The van der Waals surface area contributed by atoms with E-state index < -0.39 is 5.97 Å². The first-order valence-electron chi connectivity index (χ1n) is 9.83. The minimum absolute atomic E-state index is 0.0104. The number of nitrogens with zero attached hydrogens (tertiary/aromatic N) is 3. The third kappa shape index (κ3) is 3.98. The number of carbonyl (C=O) groups excluding carboxylic acids is 2. The Labute approximate surface area is 187 Å². The molecule has 4 aromatic rings. The molecule has 4 heterocycles. The maximum absolute atomic E-state index is 12.9. The molecule has 160 valence electrons. The summed E-state index contributed by atoms with van der Waals surface area (Å²) < 4.78 is 6.77. The molecule has 9 heteroatoms. The summed E-state index contributed by atoms with van der Waals surface area (Å²) in [6, 6.07) is 6.03. The molecular weight excluding hydrogens is 432 g/mol. The van der Waals surface area contributed by atoms with Crippen molar-refractivity contribution in [3.05, 3.63) is 51.5 Å². The first-order valence-corrected chi connectivity index (χ1v) is 11.5. The van der Waals surface area contributed by atoms with Crippen molar-refractivity contribution in [1.82, 2.24) is 14.8 Å². The standard InChI is InChI=1S/C22H22N4O3S2/c1-5-29-22(28)18-12(2)14(4)31-21(18)24-17(27)11-26-20-19(13(3)25-26)15(8-9-23-20)16-7-6-10-30-16/h6-10H,5,11H2,1-4H3,(H,24,27). The van der Waals surface area contributed by atoms with E-state index in [9.17, 15) is 9.59 Å². The number of nitrogens with one attached hydrogen (secondary N) is 1. The smallest absolute Gasteiger partial charge is 0.341 e. The summed E-state index contributed by atoms with van der Waals surface area (Å²) in [6.45, 7) is 7.71. The number of aromatic nitrogens is 3. The van der Waals surface area contributed by atoms with Gasteiger partial charge in [-0.3, -0.25) is 4.79 Å². The van der Waals surface area contributed by atoms with Crippen molar-refractivity contribution >= 4 is 50.6 Å². The molecule has 7 nitrogen and oxygen atoms in total. The van der Waals surface area contributed by atoms with Crippen molar-refractivity contribution in [2.45, 2.75) is 34.2 Å². The molecule has 0 saturated carbocycles. The molecule has 0 aliphatic carbocycles. The predicted octanol–water partition coefficient (Wildman–Crippen LogP) is 4.96. The Kier molecular flexibility index (Phi) is 5.88. The molecule has 0 atom stereocenters. The van der Waals surface area contributed by atoms with E-state index >= 15 is 0 Å². The highest BCUT2D eigenvalue weighted by molar-refractivity contribution is 7.16. The molecule has 0 saturated heterocycles. The van der Waals surface area contributed by atoms with E-state index in [4.69, 9.17) is 4.74 Å². The summed E-state index contributed by atoms with van der Waals surface area (Å²) in [6.07, 6.45) is 1.73. The highest BCUT2D eigenvalue weighted by atomic mass is 32.1. The van der Waals surface area contributed by atoms with Crippen LogP contribution < -0.4 is 5.32 Å². The van der Waals surface area contributed by atoms with Crippen molar-refractivity contribution in [2.75, 3.05) is 11.9 Å². The molecule has 4 rings (SSSR count). The van der Waals surface area contributed by atoms with Gasteiger partial charge in [0, 0.05) is 21.5 Å². The zero-order valence-corrected chi connectivity index (χ0v) is 19.3. The second kappa shape index (κ2) is 8.60. The molecule has 0 aliphatic heterocycles. The number of fused-ring (bicyclic) bond motifs is 1. The van der Waals surface area contributed by atoms with Gasteiger partial charge in [0.05, 0.1) is 23.3 Å². The Morgan fingerprint density at radius 3 is 2.74 bits per heavy atom. The Morgan fingerprint density at radius 2 is 2.03 bits per heavy atom. The van der Waals surface area contributed by atoms with Crippen LogP contribution in [0.4, 0.5) is 5.00 Å². The number of carbonyl (C=O) groups is 2. The van der Waals surface area contributed by atoms with Crippen LogP contribution in [0.1, 0.15) is 33.4 Å². The molecule has 0 fully saturated rings. The summed E-state index contributed by atoms with van der Waals surface area (Å²) in [7, 11) is 0. The summed E-state index contributed by atoms with van der Waals surface area (Å²) in [5, 5.41) is 10.9. The summed E-state index contributed by atoms with van der Waals surface area (Å²) in [5.74, 6) is -0.707. The van der Waals surface area contributed by atoms with Gasteiger partial charge in [-0.25, -0.2) is 14.5 Å². The molecule has 1 N–H and O–H groups in total. The molecule has 0 radical (unpaired) electrons. The van der Waals surface area contributed by atoms with E-state index in [0.29, 0.717) is 16.2 Å². The number of esters is 1. The average Bonchev–Trinajstić information content (AvgIpc) is 3.43. The first kappa shape index (κ1) is 21.2. The number of hydrogen-bond donors (Lipinski definition) is 1. The SMILES string of the molecule is CCOC(=O)c1c(NC(=O)Cn2nc(C)c3c(-c4cccs4)ccnc32)sc(C)c1C. The predicted molar refractivity (Wildman–Crippen MR) is 124 cm³/mol. The van der Waals surface area contributed by atoms with Gasteiger partial charge in [0.15, 0.2) is 5.65 Å². The van der Waals surface area contributed by atoms with Gasteiger partial charge >= 0.3 is 5.97 Å². The zero-order chi connectivity index (χ0) is 22.1. The van der Waals surface area contributed by atoms with E-state index in [-0.39, 0.29) is 19.1 Å². The van der Waals surface area contributed by atoms with Crippen molar-refractivity contribution in [3.63, 3.8) is 0 Å². The van der Waals surface area contributed by atoms with Crippen LogP contribution in [-0.2, 0) is 16.1 Å². The second-order valence-electron chi connectivity index (χ2n) is 7.03. The molecule has 4 aromatic heterocycles. The second-order valence-corrected chi connectivity index (χ2v) is 9.21. The van der Waals surface area contributed by atoms with Gasteiger partial charge in [0.2, 0.25) is 5.91 Å². The molecule has 0 aliphatic rings. The van der Waals surface area contributed by atoms with Gasteiger partial charge in [-0.05, 0) is 50.8 Å². The Hall–Kier alpha value is -3.04. The third-order valence-electron chi connectivity index (χ3n) is 5.01. The van der Waals surface area contributed by atoms with Gasteiger partial charge in [0.25, 0.3) is 0 Å². The summed E-state index contributed by atoms with van der Waals surface area (Å²) in [4.78, 5) is 31.8. The van der Waals surface area contributed by atoms with Crippen molar-refractivity contribution in [2.24, 2.45) is 0 Å². The zero-order valence-electron chi connectivity index (χ0n) is 17.7. The van der Waals surface area contributed by atoms with Crippen LogP contribution >= 0.6 is 22.7 Å². The molecule has 0 spiro atoms. The quantitative estimate of drug-likeness (QED) is 0.416. The van der Waals surface area contributed by atoms with Crippen molar-refractivity contribution in [3.8, 4) is 10.4 Å². The fraction of sp³-hybridized carbons (Fsp3) is 0.273. The maximum atomic E-state index is 12.9. The fourth-order valence-corrected chi connectivity index (χ4v) is 5.32. The lowest BCUT2D eigenvalue weighted by Crippen LogP contribution is -2.20. The molecule has 31 heavy (non-hydrogen) atoms. The number of ether oxygens (including phenoxy) is 1. The number of thiophene rings is 2. The molecular formula is C22H22N4O3S2. The van der Waals surface area contributed by atoms with Crippen LogP contribution in [0, 0.1) is 20.8 Å².